The van der Waals surface area contributed by atoms with Gasteiger partial charge in [-0.25, -0.2) is 19.3 Å². The fourth-order valence-corrected chi connectivity index (χ4v) is 6.22. The van der Waals surface area contributed by atoms with Crippen molar-refractivity contribution < 1.29 is 14.3 Å². The van der Waals surface area contributed by atoms with Crippen molar-refractivity contribution >= 4 is 23.4 Å². The first-order chi connectivity index (χ1) is 19.1. The SMILES string of the molecule is O=C1NCCc2[nH]c(-c3nc(Nc4ccc(N5CCC(C6CCN(CCO)CC6)CC5)cn4)ncc3F)cc21. The van der Waals surface area contributed by atoms with Gasteiger partial charge in [-0.2, -0.15) is 0 Å². The van der Waals surface area contributed by atoms with E-state index in [0.29, 0.717) is 30.0 Å². The van der Waals surface area contributed by atoms with Gasteiger partial charge in [0.05, 0.1) is 35.9 Å². The molecule has 6 rings (SSSR count). The predicted octanol–water partition coefficient (Wildman–Crippen LogP) is 2.96. The van der Waals surface area contributed by atoms with E-state index in [1.165, 1.54) is 25.7 Å². The number of carbonyl (C=O) groups is 1. The molecule has 2 fully saturated rings. The number of nitrogens with one attached hydrogen (secondary N) is 3. The molecular weight excluding hydrogens is 499 g/mol. The highest BCUT2D eigenvalue weighted by Crippen LogP contribution is 2.34. The van der Waals surface area contributed by atoms with E-state index in [2.05, 4.69) is 40.4 Å². The molecule has 4 N–H and O–H groups in total. The molecule has 0 aliphatic carbocycles. The van der Waals surface area contributed by atoms with Crippen LogP contribution in [0.4, 0.5) is 21.8 Å². The number of halogens is 1. The summed E-state index contributed by atoms with van der Waals surface area (Å²) in [5.74, 6) is 1.64. The van der Waals surface area contributed by atoms with Crippen LogP contribution in [0.25, 0.3) is 11.4 Å². The molecular formula is C28H35FN8O2. The molecule has 11 heteroatoms. The Morgan fingerprint density at radius 3 is 2.51 bits per heavy atom. The second-order valence-corrected chi connectivity index (χ2v) is 10.7. The molecule has 0 atom stereocenters. The van der Waals surface area contributed by atoms with Gasteiger partial charge in [-0.15, -0.1) is 0 Å². The standard InChI is InChI=1S/C28H35FN8O2/c29-22-17-32-28(35-26(22)24-15-21-23(33-24)3-8-30-27(21)39)34-25-2-1-20(16-31-25)37-11-6-19(7-12-37)18-4-9-36(10-5-18)13-14-38/h1-2,15-19,33,38H,3-14H2,(H,30,39)(H,31,32,34,35). The van der Waals surface area contributed by atoms with Crippen LogP contribution in [0.15, 0.2) is 30.6 Å². The number of anilines is 3. The maximum Gasteiger partial charge on any atom is 0.253 e. The van der Waals surface area contributed by atoms with E-state index in [4.69, 9.17) is 0 Å². The summed E-state index contributed by atoms with van der Waals surface area (Å²) >= 11 is 0. The molecule has 3 aliphatic rings. The van der Waals surface area contributed by atoms with Crippen molar-refractivity contribution in [2.45, 2.75) is 32.1 Å². The molecule has 0 spiro atoms. The largest absolute Gasteiger partial charge is 0.395 e. The highest BCUT2D eigenvalue weighted by atomic mass is 19.1. The Bertz CT molecular complexity index is 1300. The molecule has 10 nitrogen and oxygen atoms in total. The molecule has 0 saturated carbocycles. The number of aliphatic hydroxyl groups excluding tert-OH is 1. The van der Waals surface area contributed by atoms with Crippen LogP contribution in [0.3, 0.4) is 0 Å². The third-order valence-electron chi connectivity index (χ3n) is 8.41. The molecule has 0 aromatic carbocycles. The molecule has 0 radical (unpaired) electrons. The zero-order chi connectivity index (χ0) is 26.8. The van der Waals surface area contributed by atoms with E-state index < -0.39 is 5.82 Å². The topological polar surface area (TPSA) is 122 Å². The molecule has 39 heavy (non-hydrogen) atoms. The Labute approximate surface area is 227 Å². The molecule has 3 aromatic heterocycles. The Balaban J connectivity index is 1.06. The number of carbonyl (C=O) groups excluding carboxylic acids is 1. The smallest absolute Gasteiger partial charge is 0.253 e. The number of aromatic amines is 1. The minimum atomic E-state index is -0.568. The van der Waals surface area contributed by atoms with Gasteiger partial charge in [0.15, 0.2) is 5.82 Å². The fourth-order valence-electron chi connectivity index (χ4n) is 6.22. The van der Waals surface area contributed by atoms with Gasteiger partial charge in [-0.05, 0) is 68.8 Å². The number of rotatable bonds is 7. The zero-order valence-electron chi connectivity index (χ0n) is 22.0. The van der Waals surface area contributed by atoms with Crippen molar-refractivity contribution in [2.75, 3.05) is 56.1 Å². The number of aliphatic hydroxyl groups is 1. The average molecular weight is 535 g/mol. The fraction of sp³-hybridized carbons (Fsp3) is 0.500. The number of β-amino-alcohol motifs (C(OH)–C–C–N with tert-alkyl or cyclic N) is 1. The lowest BCUT2D eigenvalue weighted by atomic mass is 9.78. The van der Waals surface area contributed by atoms with Crippen LogP contribution >= 0.6 is 0 Å². The van der Waals surface area contributed by atoms with Crippen LogP contribution in [-0.4, -0.2) is 81.7 Å². The number of H-pyrrole nitrogens is 1. The van der Waals surface area contributed by atoms with Crippen LogP contribution in [-0.2, 0) is 6.42 Å². The van der Waals surface area contributed by atoms with E-state index >= 15 is 0 Å². The summed E-state index contributed by atoms with van der Waals surface area (Å²) in [5, 5.41) is 15.0. The molecule has 1 amide bonds. The Hall–Kier alpha value is -3.57. The van der Waals surface area contributed by atoms with Crippen LogP contribution in [0.5, 0.6) is 0 Å². The van der Waals surface area contributed by atoms with Gasteiger partial charge in [0.2, 0.25) is 5.95 Å². The van der Waals surface area contributed by atoms with E-state index in [9.17, 15) is 14.3 Å². The van der Waals surface area contributed by atoms with Crippen molar-refractivity contribution in [1.82, 2.24) is 30.2 Å². The minimum absolute atomic E-state index is 0.105. The molecule has 0 unspecified atom stereocenters. The molecule has 3 aliphatic heterocycles. The molecule has 6 heterocycles. The summed E-state index contributed by atoms with van der Waals surface area (Å²) in [4.78, 5) is 33.0. The summed E-state index contributed by atoms with van der Waals surface area (Å²) < 4.78 is 14.6. The van der Waals surface area contributed by atoms with Crippen LogP contribution in [0.2, 0.25) is 0 Å². The van der Waals surface area contributed by atoms with Gasteiger partial charge >= 0.3 is 0 Å². The number of pyridine rings is 1. The quantitative estimate of drug-likeness (QED) is 0.365. The lowest BCUT2D eigenvalue weighted by molar-refractivity contribution is 0.0946. The third-order valence-corrected chi connectivity index (χ3v) is 8.41. The lowest BCUT2D eigenvalue weighted by Gasteiger charge is -2.40. The maximum atomic E-state index is 14.6. The minimum Gasteiger partial charge on any atom is -0.395 e. The first-order valence-corrected chi connectivity index (χ1v) is 13.9. The van der Waals surface area contributed by atoms with Gasteiger partial charge in [0.25, 0.3) is 5.91 Å². The number of fused-ring (bicyclic) bond motifs is 1. The summed E-state index contributed by atoms with van der Waals surface area (Å²) in [6.45, 7) is 5.86. The first kappa shape index (κ1) is 25.7. The molecule has 2 saturated heterocycles. The van der Waals surface area contributed by atoms with Crippen molar-refractivity contribution in [2.24, 2.45) is 11.8 Å². The van der Waals surface area contributed by atoms with E-state index in [1.54, 1.807) is 6.07 Å². The summed E-state index contributed by atoms with van der Waals surface area (Å²) in [6.07, 6.45) is 8.51. The Morgan fingerprint density at radius 2 is 1.82 bits per heavy atom. The number of hydrogen-bond donors (Lipinski definition) is 4. The van der Waals surface area contributed by atoms with Crippen molar-refractivity contribution in [3.05, 3.63) is 47.7 Å². The first-order valence-electron chi connectivity index (χ1n) is 13.9. The maximum absolute atomic E-state index is 14.6. The monoisotopic (exact) mass is 534 g/mol. The van der Waals surface area contributed by atoms with Crippen LogP contribution < -0.4 is 15.5 Å². The zero-order valence-corrected chi connectivity index (χ0v) is 22.0. The number of amides is 1. The summed E-state index contributed by atoms with van der Waals surface area (Å²) in [5.41, 5.74) is 2.95. The van der Waals surface area contributed by atoms with Gasteiger partial charge in [0, 0.05) is 38.3 Å². The van der Waals surface area contributed by atoms with Crippen molar-refractivity contribution in [3.63, 3.8) is 0 Å². The normalized spacial score (nSPS) is 19.1. The summed E-state index contributed by atoms with van der Waals surface area (Å²) in [7, 11) is 0. The van der Waals surface area contributed by atoms with Gasteiger partial charge in [0.1, 0.15) is 11.5 Å². The van der Waals surface area contributed by atoms with Crippen LogP contribution in [0.1, 0.15) is 41.7 Å². The van der Waals surface area contributed by atoms with Gasteiger partial charge in [-0.3, -0.25) is 4.79 Å². The lowest BCUT2D eigenvalue weighted by Crippen LogP contribution is -2.41. The highest BCUT2D eigenvalue weighted by molar-refractivity contribution is 5.97. The van der Waals surface area contributed by atoms with E-state index in [0.717, 1.165) is 62.1 Å². The molecule has 0 bridgehead atoms. The van der Waals surface area contributed by atoms with Crippen molar-refractivity contribution in [1.29, 1.82) is 0 Å². The van der Waals surface area contributed by atoms with E-state index in [1.807, 2.05) is 18.3 Å². The number of likely N-dealkylation sites (tertiary alicyclic amines) is 1. The van der Waals surface area contributed by atoms with Gasteiger partial charge in [-0.1, -0.05) is 0 Å². The number of aromatic nitrogens is 4. The van der Waals surface area contributed by atoms with Crippen LogP contribution in [0, 0.1) is 17.7 Å². The molecule has 3 aromatic rings. The average Bonchev–Trinajstić information content (AvgIpc) is 3.41. The van der Waals surface area contributed by atoms with E-state index in [-0.39, 0.29) is 24.2 Å². The number of nitrogens with zero attached hydrogens (tertiary/aromatic N) is 5. The second kappa shape index (κ2) is 11.3. The summed E-state index contributed by atoms with van der Waals surface area (Å²) in [6, 6.07) is 5.57. The Morgan fingerprint density at radius 1 is 1.05 bits per heavy atom. The number of piperidine rings is 2. The van der Waals surface area contributed by atoms with Gasteiger partial charge < -0.3 is 30.5 Å². The van der Waals surface area contributed by atoms with Crippen molar-refractivity contribution in [3.8, 4) is 11.4 Å². The third kappa shape index (κ3) is 5.60. The Kier molecular flexibility index (Phi) is 7.43. The predicted molar refractivity (Wildman–Crippen MR) is 147 cm³/mol. The highest BCUT2D eigenvalue weighted by Gasteiger charge is 2.29. The number of hydrogen-bond acceptors (Lipinski definition) is 8. The molecule has 206 valence electrons. The second-order valence-electron chi connectivity index (χ2n) is 10.7.